The molecule has 0 aliphatic rings. The Hall–Kier alpha value is -2.82. The van der Waals surface area contributed by atoms with E-state index in [1.54, 1.807) is 20.0 Å². The summed E-state index contributed by atoms with van der Waals surface area (Å²) in [4.78, 5) is 18.5. The molecular weight excluding hydrogens is 310 g/mol. The van der Waals surface area contributed by atoms with Crippen LogP contribution in [0.2, 0.25) is 0 Å². The van der Waals surface area contributed by atoms with Crippen LogP contribution < -0.4 is 0 Å². The van der Waals surface area contributed by atoms with E-state index >= 15 is 0 Å². The largest absolute Gasteiger partial charge is 0.334 e. The zero-order chi connectivity index (χ0) is 17.3. The predicted octanol–water partition coefficient (Wildman–Crippen LogP) is 4.35. The smallest absolute Gasteiger partial charge is 0.272 e. The molecular formula is C19H16F2N2O. The molecule has 1 aromatic heterocycles. The van der Waals surface area contributed by atoms with Crippen LogP contribution in [0.5, 0.6) is 0 Å². The number of nitrogens with zero attached hydrogens (tertiary/aromatic N) is 2. The van der Waals surface area contributed by atoms with Crippen molar-refractivity contribution in [1.82, 2.24) is 9.88 Å². The van der Waals surface area contributed by atoms with Crippen LogP contribution in [0.4, 0.5) is 8.78 Å². The highest BCUT2D eigenvalue weighted by atomic mass is 19.2. The highest BCUT2D eigenvalue weighted by molar-refractivity contribution is 5.95. The summed E-state index contributed by atoms with van der Waals surface area (Å²) in [5, 5.41) is 0.949. The molecule has 1 amide bonds. The summed E-state index contributed by atoms with van der Waals surface area (Å²) < 4.78 is 26.5. The van der Waals surface area contributed by atoms with Gasteiger partial charge in [0.2, 0.25) is 0 Å². The molecule has 0 aliphatic heterocycles. The first-order valence-electron chi connectivity index (χ1n) is 7.55. The average Bonchev–Trinajstić information content (AvgIpc) is 2.61. The molecule has 1 atom stereocenters. The van der Waals surface area contributed by atoms with Gasteiger partial charge in [-0.3, -0.25) is 4.79 Å². The van der Waals surface area contributed by atoms with E-state index in [4.69, 9.17) is 0 Å². The summed E-state index contributed by atoms with van der Waals surface area (Å²) in [7, 11) is 1.62. The van der Waals surface area contributed by atoms with Gasteiger partial charge in [0.1, 0.15) is 5.69 Å². The maximum atomic E-state index is 13.4. The van der Waals surface area contributed by atoms with Gasteiger partial charge < -0.3 is 4.90 Å². The number of amides is 1. The monoisotopic (exact) mass is 326 g/mol. The lowest BCUT2D eigenvalue weighted by Gasteiger charge is -2.25. The van der Waals surface area contributed by atoms with Crippen LogP contribution in [0, 0.1) is 11.6 Å². The summed E-state index contributed by atoms with van der Waals surface area (Å²) in [5.74, 6) is -2.11. The molecule has 0 bridgehead atoms. The van der Waals surface area contributed by atoms with E-state index in [1.807, 2.05) is 30.3 Å². The number of para-hydroxylation sites is 1. The molecule has 1 heterocycles. The molecule has 5 heteroatoms. The number of carbonyl (C=O) groups is 1. The van der Waals surface area contributed by atoms with Crippen molar-refractivity contribution in [2.24, 2.45) is 0 Å². The van der Waals surface area contributed by atoms with Gasteiger partial charge in [0.15, 0.2) is 11.6 Å². The lowest BCUT2D eigenvalue weighted by Crippen LogP contribution is -2.30. The van der Waals surface area contributed by atoms with Gasteiger partial charge in [-0.1, -0.05) is 30.3 Å². The molecule has 0 saturated carbocycles. The third-order valence-corrected chi connectivity index (χ3v) is 4.14. The lowest BCUT2D eigenvalue weighted by molar-refractivity contribution is 0.0737. The Bertz CT molecular complexity index is 911. The zero-order valence-electron chi connectivity index (χ0n) is 13.3. The molecule has 24 heavy (non-hydrogen) atoms. The maximum Gasteiger partial charge on any atom is 0.272 e. The van der Waals surface area contributed by atoms with Crippen LogP contribution in [0.1, 0.15) is 29.0 Å². The topological polar surface area (TPSA) is 33.2 Å². The van der Waals surface area contributed by atoms with Gasteiger partial charge in [-0.05, 0) is 36.8 Å². The fourth-order valence-electron chi connectivity index (χ4n) is 2.54. The van der Waals surface area contributed by atoms with Crippen molar-refractivity contribution in [3.8, 4) is 0 Å². The summed E-state index contributed by atoms with van der Waals surface area (Å²) >= 11 is 0. The number of pyridine rings is 1. The fraction of sp³-hybridized carbons (Fsp3) is 0.158. The molecule has 0 N–H and O–H groups in total. The standard InChI is InChI=1S/C19H16F2N2O/c1-12(14-7-9-15(20)16(21)11-14)23(2)19(24)18-10-8-13-5-3-4-6-17(13)22-18/h3-12H,1-2H3. The molecule has 0 fully saturated rings. The zero-order valence-corrected chi connectivity index (χ0v) is 13.3. The first kappa shape index (κ1) is 16.1. The Kier molecular flexibility index (Phi) is 4.25. The molecule has 0 spiro atoms. The summed E-state index contributed by atoms with van der Waals surface area (Å²) in [6.07, 6.45) is 0. The number of benzene rings is 2. The van der Waals surface area contributed by atoms with Crippen molar-refractivity contribution >= 4 is 16.8 Å². The van der Waals surface area contributed by atoms with Crippen molar-refractivity contribution in [2.45, 2.75) is 13.0 Å². The molecule has 3 nitrogen and oxygen atoms in total. The number of carbonyl (C=O) groups excluding carboxylic acids is 1. The number of halogens is 2. The van der Waals surface area contributed by atoms with Crippen molar-refractivity contribution in [3.63, 3.8) is 0 Å². The molecule has 0 aliphatic carbocycles. The Morgan fingerprint density at radius 2 is 1.79 bits per heavy atom. The van der Waals surface area contributed by atoms with Crippen LogP contribution in [0.25, 0.3) is 10.9 Å². The van der Waals surface area contributed by atoms with Crippen molar-refractivity contribution in [1.29, 1.82) is 0 Å². The van der Waals surface area contributed by atoms with E-state index < -0.39 is 17.7 Å². The van der Waals surface area contributed by atoms with Crippen LogP contribution in [0.15, 0.2) is 54.6 Å². The minimum Gasteiger partial charge on any atom is -0.334 e. The van der Waals surface area contributed by atoms with Gasteiger partial charge in [0.25, 0.3) is 5.91 Å². The lowest BCUT2D eigenvalue weighted by atomic mass is 10.1. The number of fused-ring (bicyclic) bond motifs is 1. The Morgan fingerprint density at radius 3 is 2.54 bits per heavy atom. The average molecular weight is 326 g/mol. The second kappa shape index (κ2) is 6.35. The van der Waals surface area contributed by atoms with Gasteiger partial charge >= 0.3 is 0 Å². The second-order valence-electron chi connectivity index (χ2n) is 5.65. The van der Waals surface area contributed by atoms with Crippen molar-refractivity contribution in [3.05, 3.63) is 77.5 Å². The van der Waals surface area contributed by atoms with E-state index in [-0.39, 0.29) is 5.91 Å². The van der Waals surface area contributed by atoms with E-state index in [0.29, 0.717) is 11.3 Å². The molecule has 1 unspecified atom stereocenters. The first-order chi connectivity index (χ1) is 11.5. The number of rotatable bonds is 3. The molecule has 122 valence electrons. The molecule has 3 rings (SSSR count). The normalized spacial score (nSPS) is 12.2. The summed E-state index contributed by atoms with van der Waals surface area (Å²) in [6.45, 7) is 1.76. The highest BCUT2D eigenvalue weighted by Gasteiger charge is 2.21. The maximum absolute atomic E-state index is 13.4. The second-order valence-corrected chi connectivity index (χ2v) is 5.65. The minimum absolute atomic E-state index is 0.280. The number of hydrogen-bond acceptors (Lipinski definition) is 2. The Balaban J connectivity index is 1.88. The highest BCUT2D eigenvalue weighted by Crippen LogP contribution is 2.23. The van der Waals surface area contributed by atoms with Gasteiger partial charge in [-0.25, -0.2) is 13.8 Å². The number of aromatic nitrogens is 1. The van der Waals surface area contributed by atoms with Gasteiger partial charge in [-0.15, -0.1) is 0 Å². The van der Waals surface area contributed by atoms with Crippen molar-refractivity contribution in [2.75, 3.05) is 7.05 Å². The quantitative estimate of drug-likeness (QED) is 0.717. The van der Waals surface area contributed by atoms with E-state index in [9.17, 15) is 13.6 Å². The van der Waals surface area contributed by atoms with Gasteiger partial charge in [-0.2, -0.15) is 0 Å². The molecule has 0 radical (unpaired) electrons. The van der Waals surface area contributed by atoms with Crippen LogP contribution >= 0.6 is 0 Å². The summed E-state index contributed by atoms with van der Waals surface area (Å²) in [6, 6.07) is 14.3. The Labute approximate surface area is 138 Å². The Morgan fingerprint density at radius 1 is 1.04 bits per heavy atom. The van der Waals surface area contributed by atoms with Crippen LogP contribution in [0.3, 0.4) is 0 Å². The summed E-state index contributed by atoms with van der Waals surface area (Å²) in [5.41, 5.74) is 1.56. The first-order valence-corrected chi connectivity index (χ1v) is 7.55. The minimum atomic E-state index is -0.927. The molecule has 3 aromatic rings. The van der Waals surface area contributed by atoms with Gasteiger partial charge in [0.05, 0.1) is 11.6 Å². The SMILES string of the molecule is CC(c1ccc(F)c(F)c1)N(C)C(=O)c1ccc2ccccc2n1. The van der Waals surface area contributed by atoms with E-state index in [0.717, 1.165) is 23.0 Å². The fourth-order valence-corrected chi connectivity index (χ4v) is 2.54. The number of hydrogen-bond donors (Lipinski definition) is 0. The molecule has 2 aromatic carbocycles. The van der Waals surface area contributed by atoms with Crippen LogP contribution in [-0.2, 0) is 0 Å². The van der Waals surface area contributed by atoms with E-state index in [2.05, 4.69) is 4.98 Å². The van der Waals surface area contributed by atoms with E-state index in [1.165, 1.54) is 11.0 Å². The third-order valence-electron chi connectivity index (χ3n) is 4.14. The molecule has 0 saturated heterocycles. The van der Waals surface area contributed by atoms with Crippen LogP contribution in [-0.4, -0.2) is 22.8 Å². The predicted molar refractivity (Wildman–Crippen MR) is 88.6 cm³/mol. The third kappa shape index (κ3) is 2.97. The van der Waals surface area contributed by atoms with Gasteiger partial charge in [0, 0.05) is 12.4 Å². The van der Waals surface area contributed by atoms with Crippen molar-refractivity contribution < 1.29 is 13.6 Å².